The van der Waals surface area contributed by atoms with Gasteiger partial charge < -0.3 is 10.0 Å². The Bertz CT molecular complexity index is 281. The van der Waals surface area contributed by atoms with Crippen molar-refractivity contribution < 1.29 is 9.90 Å². The predicted octanol–water partition coefficient (Wildman–Crippen LogP) is 2.68. The van der Waals surface area contributed by atoms with E-state index in [0.717, 1.165) is 19.4 Å². The number of hydrogen-bond donors (Lipinski definition) is 1. The van der Waals surface area contributed by atoms with Crippen molar-refractivity contribution in [2.75, 3.05) is 13.1 Å². The number of β-amino-alcohol motifs (C(OH)–C–C–N with tert-alkyl or cyclic N) is 1. The maximum absolute atomic E-state index is 12.1. The van der Waals surface area contributed by atoms with Gasteiger partial charge in [0, 0.05) is 19.5 Å². The van der Waals surface area contributed by atoms with Gasteiger partial charge in [-0.1, -0.05) is 34.6 Å². The van der Waals surface area contributed by atoms with E-state index in [1.807, 2.05) is 18.7 Å². The lowest BCUT2D eigenvalue weighted by atomic mass is 9.77. The molecule has 1 fully saturated rings. The Morgan fingerprint density at radius 1 is 1.33 bits per heavy atom. The molecular weight excluding hydrogens is 226 g/mol. The average molecular weight is 255 g/mol. The molecule has 0 aromatic heterocycles. The fraction of sp³-hybridized carbons (Fsp3) is 0.933. The third-order valence-corrected chi connectivity index (χ3v) is 4.21. The van der Waals surface area contributed by atoms with Crippen LogP contribution in [0.4, 0.5) is 0 Å². The van der Waals surface area contributed by atoms with Crippen LogP contribution in [0.25, 0.3) is 0 Å². The smallest absolute Gasteiger partial charge is 0.222 e. The molecule has 2 unspecified atom stereocenters. The van der Waals surface area contributed by atoms with Crippen molar-refractivity contribution in [1.82, 2.24) is 4.90 Å². The van der Waals surface area contributed by atoms with E-state index < -0.39 is 6.10 Å². The van der Waals surface area contributed by atoms with Crippen LogP contribution < -0.4 is 0 Å². The van der Waals surface area contributed by atoms with E-state index in [0.29, 0.717) is 18.9 Å². The minimum Gasteiger partial charge on any atom is -0.391 e. The van der Waals surface area contributed by atoms with Crippen LogP contribution >= 0.6 is 0 Å². The van der Waals surface area contributed by atoms with Gasteiger partial charge in [-0.05, 0) is 30.1 Å². The number of carbonyl (C=O) groups is 1. The standard InChI is InChI=1S/C15H29NO2/c1-11(2)13(17)10-16-9-8-12(15(3,4)5)6-7-14(16)18/h11-13,17H,6-10H2,1-5H3. The lowest BCUT2D eigenvalue weighted by Crippen LogP contribution is -2.39. The first kappa shape index (κ1) is 15.5. The molecule has 1 aliphatic rings. The van der Waals surface area contributed by atoms with Gasteiger partial charge in [0.1, 0.15) is 0 Å². The van der Waals surface area contributed by atoms with Crippen molar-refractivity contribution in [3.63, 3.8) is 0 Å². The molecule has 18 heavy (non-hydrogen) atoms. The molecule has 0 spiro atoms. The highest BCUT2D eigenvalue weighted by Gasteiger charge is 2.30. The molecule has 1 amide bonds. The van der Waals surface area contributed by atoms with Crippen LogP contribution in [0.2, 0.25) is 0 Å². The summed E-state index contributed by atoms with van der Waals surface area (Å²) in [6.45, 7) is 12.0. The van der Waals surface area contributed by atoms with Crippen LogP contribution in [0, 0.1) is 17.3 Å². The average Bonchev–Trinajstić information content (AvgIpc) is 2.41. The van der Waals surface area contributed by atoms with E-state index in [2.05, 4.69) is 20.8 Å². The summed E-state index contributed by atoms with van der Waals surface area (Å²) in [5.74, 6) is 1.02. The topological polar surface area (TPSA) is 40.5 Å². The first-order valence-electron chi connectivity index (χ1n) is 7.17. The molecular formula is C15H29NO2. The molecule has 1 saturated heterocycles. The van der Waals surface area contributed by atoms with Crippen molar-refractivity contribution in [3.05, 3.63) is 0 Å². The van der Waals surface area contributed by atoms with Gasteiger partial charge in [0.05, 0.1) is 6.10 Å². The van der Waals surface area contributed by atoms with Gasteiger partial charge in [-0.15, -0.1) is 0 Å². The Hall–Kier alpha value is -0.570. The number of aliphatic hydroxyl groups is 1. The van der Waals surface area contributed by atoms with Crippen molar-refractivity contribution in [1.29, 1.82) is 0 Å². The Morgan fingerprint density at radius 3 is 2.44 bits per heavy atom. The van der Waals surface area contributed by atoms with Gasteiger partial charge in [-0.2, -0.15) is 0 Å². The van der Waals surface area contributed by atoms with E-state index in [-0.39, 0.29) is 17.2 Å². The lowest BCUT2D eigenvalue weighted by molar-refractivity contribution is -0.132. The molecule has 0 bridgehead atoms. The number of aliphatic hydroxyl groups excluding tert-OH is 1. The molecule has 1 rings (SSSR count). The van der Waals surface area contributed by atoms with Gasteiger partial charge >= 0.3 is 0 Å². The molecule has 0 aromatic rings. The quantitative estimate of drug-likeness (QED) is 0.842. The van der Waals surface area contributed by atoms with E-state index in [4.69, 9.17) is 0 Å². The molecule has 106 valence electrons. The van der Waals surface area contributed by atoms with Crippen LogP contribution in [0.5, 0.6) is 0 Å². The second-order valence-corrected chi connectivity index (χ2v) is 7.04. The van der Waals surface area contributed by atoms with Crippen LogP contribution in [0.1, 0.15) is 53.9 Å². The Kier molecular flexibility index (Phi) is 5.20. The first-order chi connectivity index (χ1) is 8.21. The van der Waals surface area contributed by atoms with Crippen molar-refractivity contribution in [2.45, 2.75) is 60.0 Å². The van der Waals surface area contributed by atoms with E-state index in [1.165, 1.54) is 0 Å². The number of nitrogens with zero attached hydrogens (tertiary/aromatic N) is 1. The normalized spacial score (nSPS) is 24.3. The Morgan fingerprint density at radius 2 is 1.94 bits per heavy atom. The van der Waals surface area contributed by atoms with Gasteiger partial charge in [0.15, 0.2) is 0 Å². The van der Waals surface area contributed by atoms with E-state index >= 15 is 0 Å². The molecule has 0 aromatic carbocycles. The van der Waals surface area contributed by atoms with Gasteiger partial charge in [0.2, 0.25) is 5.91 Å². The largest absolute Gasteiger partial charge is 0.391 e. The Labute approximate surface area is 112 Å². The molecule has 1 heterocycles. The predicted molar refractivity (Wildman–Crippen MR) is 74.2 cm³/mol. The molecule has 0 radical (unpaired) electrons. The fourth-order valence-corrected chi connectivity index (χ4v) is 2.53. The summed E-state index contributed by atoms with van der Waals surface area (Å²) in [5.41, 5.74) is 0.271. The zero-order valence-electron chi connectivity index (χ0n) is 12.6. The second kappa shape index (κ2) is 6.05. The SMILES string of the molecule is CC(C)C(O)CN1CCC(C(C)(C)C)CCC1=O. The third kappa shape index (κ3) is 4.27. The number of carbonyl (C=O) groups excluding carboxylic acids is 1. The second-order valence-electron chi connectivity index (χ2n) is 7.04. The molecule has 3 nitrogen and oxygen atoms in total. The monoisotopic (exact) mass is 255 g/mol. The fourth-order valence-electron chi connectivity index (χ4n) is 2.53. The minimum absolute atomic E-state index is 0.208. The Balaban J connectivity index is 2.60. The summed E-state index contributed by atoms with van der Waals surface area (Å²) in [5, 5.41) is 9.92. The summed E-state index contributed by atoms with van der Waals surface area (Å²) >= 11 is 0. The lowest BCUT2D eigenvalue weighted by Gasteiger charge is -2.30. The van der Waals surface area contributed by atoms with Crippen LogP contribution in [0.15, 0.2) is 0 Å². The van der Waals surface area contributed by atoms with Gasteiger partial charge in [-0.3, -0.25) is 4.79 Å². The summed E-state index contributed by atoms with van der Waals surface area (Å²) in [4.78, 5) is 13.9. The van der Waals surface area contributed by atoms with Crippen LogP contribution in [-0.2, 0) is 4.79 Å². The number of rotatable bonds is 3. The van der Waals surface area contributed by atoms with Gasteiger partial charge in [0.25, 0.3) is 0 Å². The summed E-state index contributed by atoms with van der Waals surface area (Å²) < 4.78 is 0. The number of hydrogen-bond acceptors (Lipinski definition) is 2. The van der Waals surface area contributed by atoms with Crippen LogP contribution in [-0.4, -0.2) is 35.1 Å². The van der Waals surface area contributed by atoms with Crippen molar-refractivity contribution in [3.8, 4) is 0 Å². The molecule has 1 aliphatic heterocycles. The highest BCUT2D eigenvalue weighted by molar-refractivity contribution is 5.76. The first-order valence-corrected chi connectivity index (χ1v) is 7.17. The molecule has 1 N–H and O–H groups in total. The third-order valence-electron chi connectivity index (χ3n) is 4.21. The zero-order chi connectivity index (χ0) is 13.9. The van der Waals surface area contributed by atoms with Crippen LogP contribution in [0.3, 0.4) is 0 Å². The maximum Gasteiger partial charge on any atom is 0.222 e. The maximum atomic E-state index is 12.1. The van der Waals surface area contributed by atoms with Crippen molar-refractivity contribution >= 4 is 5.91 Å². The summed E-state index contributed by atoms with van der Waals surface area (Å²) in [7, 11) is 0. The minimum atomic E-state index is -0.403. The summed E-state index contributed by atoms with van der Waals surface area (Å²) in [6.07, 6.45) is 2.27. The van der Waals surface area contributed by atoms with Gasteiger partial charge in [-0.25, -0.2) is 0 Å². The van der Waals surface area contributed by atoms with E-state index in [1.54, 1.807) is 0 Å². The highest BCUT2D eigenvalue weighted by Crippen LogP contribution is 2.34. The zero-order valence-corrected chi connectivity index (χ0v) is 12.6. The number of likely N-dealkylation sites (tertiary alicyclic amines) is 1. The molecule has 0 aliphatic carbocycles. The van der Waals surface area contributed by atoms with Crippen molar-refractivity contribution in [2.24, 2.45) is 17.3 Å². The number of amides is 1. The van der Waals surface area contributed by atoms with E-state index in [9.17, 15) is 9.90 Å². The molecule has 0 saturated carbocycles. The highest BCUT2D eigenvalue weighted by atomic mass is 16.3. The summed E-state index contributed by atoms with van der Waals surface area (Å²) in [6, 6.07) is 0. The molecule has 3 heteroatoms. The molecule has 2 atom stereocenters.